The summed E-state index contributed by atoms with van der Waals surface area (Å²) in [5.41, 5.74) is 2.16. The molecular weight excluding hydrogens is 418 g/mol. The highest BCUT2D eigenvalue weighted by Crippen LogP contribution is 2.46. The van der Waals surface area contributed by atoms with Gasteiger partial charge in [0, 0.05) is 12.2 Å². The fourth-order valence-corrected chi connectivity index (χ4v) is 5.40. The van der Waals surface area contributed by atoms with E-state index in [0.29, 0.717) is 12.0 Å². The summed E-state index contributed by atoms with van der Waals surface area (Å²) in [4.78, 5) is 0. The molecule has 2 aliphatic carbocycles. The third kappa shape index (κ3) is 5.65. The summed E-state index contributed by atoms with van der Waals surface area (Å²) in [7, 11) is 0. The van der Waals surface area contributed by atoms with Crippen LogP contribution in [-0.2, 0) is 4.74 Å². The summed E-state index contributed by atoms with van der Waals surface area (Å²) >= 11 is 0. The Balaban J connectivity index is 1.39. The Morgan fingerprint density at radius 2 is 1.70 bits per heavy atom. The van der Waals surface area contributed by atoms with Crippen LogP contribution in [0.3, 0.4) is 0 Å². The van der Waals surface area contributed by atoms with E-state index in [1.807, 2.05) is 12.1 Å². The second kappa shape index (κ2) is 11.0. The normalized spacial score (nSPS) is 24.3. The fraction of sp³-hybridized carbons (Fsp3) is 0.448. The predicted molar refractivity (Wildman–Crippen MR) is 127 cm³/mol. The molecule has 4 atom stereocenters. The maximum absolute atomic E-state index is 14.3. The van der Waals surface area contributed by atoms with Crippen molar-refractivity contribution in [2.45, 2.75) is 57.5 Å². The molecule has 174 valence electrons. The van der Waals surface area contributed by atoms with Crippen molar-refractivity contribution in [1.82, 2.24) is 0 Å². The molecule has 4 unspecified atom stereocenters. The number of hydrogen-bond donors (Lipinski definition) is 0. The molecule has 2 nitrogen and oxygen atoms in total. The molecule has 0 saturated heterocycles. The first-order valence-corrected chi connectivity index (χ1v) is 12.0. The average molecular weight is 451 g/mol. The standard InChI is InChI=1S/C29H32F2O2/c1-3-17-33-27-16-14-22(28(30)29(27)31)10-7-20-5-8-21(9-6-20)23-11-12-25-19-26(32-4-2)15-13-24(25)18-23/h3,5-6,8-9,14,16,23-26H,1,4,11-13,15,17-19H2,2H3. The van der Waals surface area contributed by atoms with Crippen LogP contribution >= 0.6 is 0 Å². The van der Waals surface area contributed by atoms with Crippen LogP contribution in [0.25, 0.3) is 0 Å². The van der Waals surface area contributed by atoms with Gasteiger partial charge in [-0.2, -0.15) is 4.39 Å². The number of benzene rings is 2. The van der Waals surface area contributed by atoms with E-state index in [4.69, 9.17) is 9.47 Å². The molecule has 0 bridgehead atoms. The smallest absolute Gasteiger partial charge is 0.201 e. The Kier molecular flexibility index (Phi) is 7.83. The highest BCUT2D eigenvalue weighted by Gasteiger charge is 2.36. The maximum Gasteiger partial charge on any atom is 0.201 e. The lowest BCUT2D eigenvalue weighted by Crippen LogP contribution is -2.33. The molecule has 0 aromatic heterocycles. The van der Waals surface area contributed by atoms with Gasteiger partial charge in [-0.25, -0.2) is 4.39 Å². The molecule has 2 fully saturated rings. The molecule has 0 aliphatic heterocycles. The molecule has 0 amide bonds. The van der Waals surface area contributed by atoms with Gasteiger partial charge in [-0.1, -0.05) is 36.6 Å². The van der Waals surface area contributed by atoms with E-state index >= 15 is 0 Å². The molecule has 33 heavy (non-hydrogen) atoms. The van der Waals surface area contributed by atoms with E-state index in [1.165, 1.54) is 62.3 Å². The van der Waals surface area contributed by atoms with E-state index < -0.39 is 11.6 Å². The molecule has 2 aromatic rings. The molecule has 2 saturated carbocycles. The predicted octanol–water partition coefficient (Wildman–Crippen LogP) is 7.02. The monoisotopic (exact) mass is 450 g/mol. The van der Waals surface area contributed by atoms with Crippen molar-refractivity contribution >= 4 is 0 Å². The van der Waals surface area contributed by atoms with E-state index in [2.05, 4.69) is 37.5 Å². The van der Waals surface area contributed by atoms with Crippen LogP contribution in [0.15, 0.2) is 49.1 Å². The van der Waals surface area contributed by atoms with Gasteiger partial charge in [0.1, 0.15) is 6.61 Å². The Morgan fingerprint density at radius 3 is 2.45 bits per heavy atom. The Labute approximate surface area is 196 Å². The largest absolute Gasteiger partial charge is 0.486 e. The summed E-state index contributed by atoms with van der Waals surface area (Å²) in [6.45, 7) is 6.52. The summed E-state index contributed by atoms with van der Waals surface area (Å²) in [5, 5.41) is 0. The van der Waals surface area contributed by atoms with Gasteiger partial charge in [0.25, 0.3) is 0 Å². The first-order chi connectivity index (χ1) is 16.1. The number of fused-ring (bicyclic) bond motifs is 1. The first kappa shape index (κ1) is 23.5. The second-order valence-electron chi connectivity index (χ2n) is 9.13. The number of hydrogen-bond acceptors (Lipinski definition) is 2. The van der Waals surface area contributed by atoms with Crippen LogP contribution in [0.2, 0.25) is 0 Å². The highest BCUT2D eigenvalue weighted by molar-refractivity contribution is 5.46. The van der Waals surface area contributed by atoms with E-state index in [1.54, 1.807) is 0 Å². The minimum absolute atomic E-state index is 0.0171. The molecule has 4 rings (SSSR count). The van der Waals surface area contributed by atoms with Crippen molar-refractivity contribution in [1.29, 1.82) is 0 Å². The zero-order valence-electron chi connectivity index (χ0n) is 19.3. The molecule has 0 radical (unpaired) electrons. The molecule has 2 aliphatic rings. The van der Waals surface area contributed by atoms with Crippen molar-refractivity contribution < 1.29 is 18.3 Å². The fourth-order valence-electron chi connectivity index (χ4n) is 5.40. The molecule has 0 N–H and O–H groups in total. The average Bonchev–Trinajstić information content (AvgIpc) is 2.84. The first-order valence-electron chi connectivity index (χ1n) is 12.0. The Hall–Kier alpha value is -2.64. The zero-order valence-corrected chi connectivity index (χ0v) is 19.3. The van der Waals surface area contributed by atoms with Gasteiger partial charge in [-0.3, -0.25) is 0 Å². The zero-order chi connectivity index (χ0) is 23.2. The van der Waals surface area contributed by atoms with E-state index in [0.717, 1.165) is 24.0 Å². The Morgan fingerprint density at radius 1 is 0.939 bits per heavy atom. The summed E-state index contributed by atoms with van der Waals surface area (Å²) in [5.74, 6) is 5.76. The van der Waals surface area contributed by atoms with Gasteiger partial charge in [0.15, 0.2) is 11.6 Å². The third-order valence-corrected chi connectivity index (χ3v) is 7.09. The number of ether oxygens (including phenoxy) is 2. The second-order valence-corrected chi connectivity index (χ2v) is 9.13. The van der Waals surface area contributed by atoms with Crippen molar-refractivity contribution in [3.63, 3.8) is 0 Å². The van der Waals surface area contributed by atoms with Gasteiger partial charge < -0.3 is 9.47 Å². The van der Waals surface area contributed by atoms with Crippen molar-refractivity contribution in [2.75, 3.05) is 13.2 Å². The molecule has 0 spiro atoms. The van der Waals surface area contributed by atoms with Crippen LogP contribution in [0.5, 0.6) is 5.75 Å². The molecule has 2 aromatic carbocycles. The van der Waals surface area contributed by atoms with Gasteiger partial charge in [-0.15, -0.1) is 0 Å². The quantitative estimate of drug-likeness (QED) is 0.348. The number of rotatable bonds is 6. The molecule has 0 heterocycles. The Bertz CT molecular complexity index is 1020. The lowest BCUT2D eigenvalue weighted by Gasteiger charge is -2.42. The summed E-state index contributed by atoms with van der Waals surface area (Å²) in [6, 6.07) is 11.1. The number of halogens is 2. The van der Waals surface area contributed by atoms with Gasteiger partial charge in [-0.05, 0) is 93.0 Å². The molecule has 4 heteroatoms. The van der Waals surface area contributed by atoms with Crippen molar-refractivity contribution in [3.05, 3.63) is 77.4 Å². The van der Waals surface area contributed by atoms with E-state index in [-0.39, 0.29) is 17.9 Å². The van der Waals surface area contributed by atoms with E-state index in [9.17, 15) is 8.78 Å². The van der Waals surface area contributed by atoms with Crippen LogP contribution in [0, 0.1) is 35.3 Å². The van der Waals surface area contributed by atoms with Crippen LogP contribution < -0.4 is 4.74 Å². The van der Waals surface area contributed by atoms with Gasteiger partial charge in [0.2, 0.25) is 5.82 Å². The van der Waals surface area contributed by atoms with Crippen LogP contribution in [0.1, 0.15) is 68.1 Å². The SMILES string of the molecule is C=CCOc1ccc(C#Cc2ccc(C3CCC4CC(OCC)CCC4C3)cc2)c(F)c1F. The minimum atomic E-state index is -1.02. The van der Waals surface area contributed by atoms with Crippen LogP contribution in [-0.4, -0.2) is 19.3 Å². The maximum atomic E-state index is 14.3. The van der Waals surface area contributed by atoms with Crippen molar-refractivity contribution in [2.24, 2.45) is 11.8 Å². The summed E-state index contributed by atoms with van der Waals surface area (Å²) in [6.07, 6.45) is 9.36. The molecular formula is C29H32F2O2. The van der Waals surface area contributed by atoms with Crippen LogP contribution in [0.4, 0.5) is 8.78 Å². The summed E-state index contributed by atoms with van der Waals surface area (Å²) < 4.78 is 39.4. The minimum Gasteiger partial charge on any atom is -0.486 e. The topological polar surface area (TPSA) is 18.5 Å². The van der Waals surface area contributed by atoms with Gasteiger partial charge >= 0.3 is 0 Å². The van der Waals surface area contributed by atoms with Gasteiger partial charge in [0.05, 0.1) is 11.7 Å². The lowest BCUT2D eigenvalue weighted by atomic mass is 9.65. The lowest BCUT2D eigenvalue weighted by molar-refractivity contribution is -0.00955. The highest BCUT2D eigenvalue weighted by atomic mass is 19.2. The third-order valence-electron chi connectivity index (χ3n) is 7.09. The van der Waals surface area contributed by atoms with Crippen molar-refractivity contribution in [3.8, 4) is 17.6 Å².